The van der Waals surface area contributed by atoms with Gasteiger partial charge in [0.05, 0.1) is 15.6 Å². The minimum absolute atomic E-state index is 0.186. The van der Waals surface area contributed by atoms with Crippen LogP contribution in [0.2, 0.25) is 0 Å². The molecular weight excluding hydrogens is 258 g/mol. The first kappa shape index (κ1) is 12.9. The number of thiophene rings is 1. The minimum atomic E-state index is 0.186. The number of piperazine rings is 1. The molecule has 0 amide bonds. The van der Waals surface area contributed by atoms with Crippen LogP contribution in [-0.2, 0) is 0 Å². The van der Waals surface area contributed by atoms with E-state index in [0.717, 1.165) is 36.7 Å². The zero-order valence-electron chi connectivity index (χ0n) is 11.4. The standard InChI is InChI=1S/C14H21N3OS/c1-2-10(18)13-12(15)11(9-3-4-9)14(19-13)17-7-5-16-6-8-17/h9,16H,2-8,15H2,1H3. The largest absolute Gasteiger partial charge is 0.397 e. The highest BCUT2D eigenvalue weighted by molar-refractivity contribution is 7.19. The van der Waals surface area contributed by atoms with Gasteiger partial charge in [-0.1, -0.05) is 6.92 Å². The molecule has 1 saturated carbocycles. The Balaban J connectivity index is 1.99. The van der Waals surface area contributed by atoms with Crippen LogP contribution in [0.5, 0.6) is 0 Å². The smallest absolute Gasteiger partial charge is 0.174 e. The monoisotopic (exact) mass is 279 g/mol. The van der Waals surface area contributed by atoms with Gasteiger partial charge in [-0.15, -0.1) is 11.3 Å². The number of anilines is 2. The zero-order chi connectivity index (χ0) is 13.4. The molecule has 2 aliphatic rings. The molecule has 3 N–H and O–H groups in total. The van der Waals surface area contributed by atoms with E-state index >= 15 is 0 Å². The second-order valence-corrected chi connectivity index (χ2v) is 6.35. The van der Waals surface area contributed by atoms with Gasteiger partial charge in [-0.2, -0.15) is 0 Å². The number of carbonyl (C=O) groups excluding carboxylic acids is 1. The molecule has 5 heteroatoms. The van der Waals surface area contributed by atoms with Crippen LogP contribution in [0.25, 0.3) is 0 Å². The molecule has 0 unspecified atom stereocenters. The maximum Gasteiger partial charge on any atom is 0.174 e. The summed E-state index contributed by atoms with van der Waals surface area (Å²) in [6.45, 7) is 5.96. The van der Waals surface area contributed by atoms with Crippen molar-refractivity contribution >= 4 is 27.8 Å². The van der Waals surface area contributed by atoms with Gasteiger partial charge < -0.3 is 16.0 Å². The van der Waals surface area contributed by atoms with E-state index in [1.807, 2.05) is 6.92 Å². The number of nitrogens with one attached hydrogen (secondary N) is 1. The molecule has 0 atom stereocenters. The maximum atomic E-state index is 12.0. The van der Waals surface area contributed by atoms with Crippen molar-refractivity contribution in [2.75, 3.05) is 36.8 Å². The number of nitrogen functional groups attached to an aromatic ring is 1. The Morgan fingerprint density at radius 2 is 2.11 bits per heavy atom. The molecule has 1 aromatic rings. The maximum absolute atomic E-state index is 12.0. The lowest BCUT2D eigenvalue weighted by molar-refractivity contribution is 0.0993. The van der Waals surface area contributed by atoms with Crippen LogP contribution in [0.1, 0.15) is 47.3 Å². The Morgan fingerprint density at radius 3 is 2.68 bits per heavy atom. The highest BCUT2D eigenvalue weighted by Gasteiger charge is 2.34. The molecule has 19 heavy (non-hydrogen) atoms. The lowest BCUT2D eigenvalue weighted by atomic mass is 10.1. The highest BCUT2D eigenvalue weighted by Crippen LogP contribution is 2.52. The van der Waals surface area contributed by atoms with Crippen LogP contribution >= 0.6 is 11.3 Å². The highest BCUT2D eigenvalue weighted by atomic mass is 32.1. The van der Waals surface area contributed by atoms with Crippen molar-refractivity contribution in [2.45, 2.75) is 32.1 Å². The van der Waals surface area contributed by atoms with Crippen molar-refractivity contribution in [3.63, 3.8) is 0 Å². The number of hydrogen-bond donors (Lipinski definition) is 2. The predicted molar refractivity (Wildman–Crippen MR) is 80.4 cm³/mol. The first-order valence-electron chi connectivity index (χ1n) is 7.13. The van der Waals surface area contributed by atoms with Gasteiger partial charge in [0.1, 0.15) is 0 Å². The van der Waals surface area contributed by atoms with E-state index in [-0.39, 0.29) is 5.78 Å². The number of hydrogen-bond acceptors (Lipinski definition) is 5. The lowest BCUT2D eigenvalue weighted by Crippen LogP contribution is -2.43. The van der Waals surface area contributed by atoms with E-state index in [1.54, 1.807) is 11.3 Å². The number of nitrogens with two attached hydrogens (primary N) is 1. The lowest BCUT2D eigenvalue weighted by Gasteiger charge is -2.29. The first-order valence-corrected chi connectivity index (χ1v) is 7.95. The number of ketones is 1. The number of carbonyl (C=O) groups is 1. The van der Waals surface area contributed by atoms with Crippen molar-refractivity contribution in [3.05, 3.63) is 10.4 Å². The normalized spacial score (nSPS) is 19.7. The van der Waals surface area contributed by atoms with Crippen LogP contribution < -0.4 is 16.0 Å². The van der Waals surface area contributed by atoms with Gasteiger partial charge in [-0.25, -0.2) is 0 Å². The van der Waals surface area contributed by atoms with Gasteiger partial charge in [0, 0.05) is 38.2 Å². The van der Waals surface area contributed by atoms with Crippen molar-refractivity contribution in [2.24, 2.45) is 0 Å². The molecule has 0 radical (unpaired) electrons. The fraction of sp³-hybridized carbons (Fsp3) is 0.643. The third kappa shape index (κ3) is 2.37. The Morgan fingerprint density at radius 1 is 1.42 bits per heavy atom. The Labute approximate surface area is 118 Å². The van der Waals surface area contributed by atoms with Gasteiger partial charge in [-0.05, 0) is 18.8 Å². The second kappa shape index (κ2) is 5.13. The van der Waals surface area contributed by atoms with Crippen molar-refractivity contribution in [1.82, 2.24) is 5.32 Å². The molecule has 1 aliphatic heterocycles. The fourth-order valence-corrected chi connectivity index (χ4v) is 4.05. The molecule has 1 aliphatic carbocycles. The van der Waals surface area contributed by atoms with Crippen LogP contribution in [0.15, 0.2) is 0 Å². The molecule has 3 rings (SSSR count). The minimum Gasteiger partial charge on any atom is -0.397 e. The predicted octanol–water partition coefficient (Wildman–Crippen LogP) is 2.21. The number of nitrogens with zero attached hydrogens (tertiary/aromatic N) is 1. The summed E-state index contributed by atoms with van der Waals surface area (Å²) in [7, 11) is 0. The summed E-state index contributed by atoms with van der Waals surface area (Å²) < 4.78 is 0. The van der Waals surface area contributed by atoms with E-state index < -0.39 is 0 Å². The summed E-state index contributed by atoms with van der Waals surface area (Å²) in [6, 6.07) is 0. The molecular formula is C14H21N3OS. The van der Waals surface area contributed by atoms with Gasteiger partial charge in [0.25, 0.3) is 0 Å². The summed E-state index contributed by atoms with van der Waals surface area (Å²) in [5, 5.41) is 4.63. The van der Waals surface area contributed by atoms with Crippen LogP contribution in [-0.4, -0.2) is 32.0 Å². The Bertz CT molecular complexity index is 487. The molecule has 2 fully saturated rings. The number of Topliss-reactive ketones (excluding diaryl/α,β-unsaturated/α-hetero) is 1. The van der Waals surface area contributed by atoms with Crippen molar-refractivity contribution in [3.8, 4) is 0 Å². The van der Waals surface area contributed by atoms with Gasteiger partial charge in [0.2, 0.25) is 0 Å². The average Bonchev–Trinajstić information content (AvgIpc) is 3.22. The molecule has 1 saturated heterocycles. The van der Waals surface area contributed by atoms with E-state index in [4.69, 9.17) is 5.73 Å². The molecule has 104 valence electrons. The van der Waals surface area contributed by atoms with E-state index in [1.165, 1.54) is 23.4 Å². The average molecular weight is 279 g/mol. The summed E-state index contributed by atoms with van der Waals surface area (Å²) in [4.78, 5) is 15.2. The summed E-state index contributed by atoms with van der Waals surface area (Å²) in [5.74, 6) is 0.783. The topological polar surface area (TPSA) is 58.4 Å². The Kier molecular flexibility index (Phi) is 3.50. The quantitative estimate of drug-likeness (QED) is 0.830. The van der Waals surface area contributed by atoms with Crippen LogP contribution in [0, 0.1) is 0 Å². The first-order chi connectivity index (χ1) is 9.22. The van der Waals surface area contributed by atoms with Gasteiger partial charge in [0.15, 0.2) is 5.78 Å². The summed E-state index contributed by atoms with van der Waals surface area (Å²) in [5.41, 5.74) is 8.31. The molecule has 4 nitrogen and oxygen atoms in total. The van der Waals surface area contributed by atoms with Crippen LogP contribution in [0.4, 0.5) is 10.7 Å². The van der Waals surface area contributed by atoms with Gasteiger partial charge >= 0.3 is 0 Å². The van der Waals surface area contributed by atoms with E-state index in [0.29, 0.717) is 12.3 Å². The zero-order valence-corrected chi connectivity index (χ0v) is 12.2. The second-order valence-electron chi connectivity index (χ2n) is 5.35. The molecule has 2 heterocycles. The molecule has 1 aromatic heterocycles. The molecule has 0 spiro atoms. The van der Waals surface area contributed by atoms with Crippen molar-refractivity contribution < 1.29 is 4.79 Å². The van der Waals surface area contributed by atoms with E-state index in [2.05, 4.69) is 10.2 Å². The van der Waals surface area contributed by atoms with E-state index in [9.17, 15) is 4.79 Å². The summed E-state index contributed by atoms with van der Waals surface area (Å²) >= 11 is 1.62. The fourth-order valence-electron chi connectivity index (χ4n) is 2.68. The van der Waals surface area contributed by atoms with Crippen LogP contribution in [0.3, 0.4) is 0 Å². The third-order valence-electron chi connectivity index (χ3n) is 3.93. The van der Waals surface area contributed by atoms with Crippen molar-refractivity contribution in [1.29, 1.82) is 0 Å². The molecule has 0 aromatic carbocycles. The molecule has 0 bridgehead atoms. The van der Waals surface area contributed by atoms with Gasteiger partial charge in [-0.3, -0.25) is 4.79 Å². The SMILES string of the molecule is CCC(=O)c1sc(N2CCNCC2)c(C2CC2)c1N. The Hall–Kier alpha value is -1.07. The number of rotatable bonds is 4. The third-order valence-corrected chi connectivity index (χ3v) is 5.25. The summed E-state index contributed by atoms with van der Waals surface area (Å²) in [6.07, 6.45) is 2.98.